The highest BCUT2D eigenvalue weighted by atomic mass is 16.5. The summed E-state index contributed by atoms with van der Waals surface area (Å²) >= 11 is 0. The van der Waals surface area contributed by atoms with E-state index in [-0.39, 0.29) is 11.9 Å². The molecule has 0 bridgehead atoms. The third kappa shape index (κ3) is 2.42. The Morgan fingerprint density at radius 3 is 3.12 bits per heavy atom. The van der Waals surface area contributed by atoms with Crippen LogP contribution in [0, 0.1) is 0 Å². The lowest BCUT2D eigenvalue weighted by Crippen LogP contribution is -2.19. The molecule has 0 N–H and O–H groups in total. The lowest BCUT2D eigenvalue weighted by molar-refractivity contribution is 0.0642. The minimum atomic E-state index is -0.253. The van der Waals surface area contributed by atoms with Crippen LogP contribution >= 0.6 is 0 Å². The predicted octanol–water partition coefficient (Wildman–Crippen LogP) is 2.45. The van der Waals surface area contributed by atoms with Gasteiger partial charge in [0.15, 0.2) is 5.78 Å². The molecular formula is C13H16O3. The lowest BCUT2D eigenvalue weighted by atomic mass is 10.0. The molecule has 1 saturated heterocycles. The Morgan fingerprint density at radius 1 is 1.56 bits per heavy atom. The second-order valence-electron chi connectivity index (χ2n) is 3.83. The SMILES string of the molecule is CCOc1cccc(C(=O)C2CCCO2)c1. The fourth-order valence-electron chi connectivity index (χ4n) is 1.88. The molecule has 16 heavy (non-hydrogen) atoms. The first-order valence-electron chi connectivity index (χ1n) is 5.70. The summed E-state index contributed by atoms with van der Waals surface area (Å²) in [6.45, 7) is 3.23. The van der Waals surface area contributed by atoms with E-state index in [2.05, 4.69) is 0 Å². The standard InChI is InChI=1S/C13H16O3/c1-2-15-11-6-3-5-10(9-11)13(14)12-7-4-8-16-12/h3,5-6,9,12H,2,4,7-8H2,1H3. The summed E-state index contributed by atoms with van der Waals surface area (Å²) in [7, 11) is 0. The first-order chi connectivity index (χ1) is 7.81. The van der Waals surface area contributed by atoms with Gasteiger partial charge >= 0.3 is 0 Å². The number of rotatable bonds is 4. The number of hydrogen-bond acceptors (Lipinski definition) is 3. The summed E-state index contributed by atoms with van der Waals surface area (Å²) in [5.41, 5.74) is 0.679. The summed E-state index contributed by atoms with van der Waals surface area (Å²) in [5.74, 6) is 0.811. The summed E-state index contributed by atoms with van der Waals surface area (Å²) < 4.78 is 10.7. The molecule has 0 spiro atoms. The van der Waals surface area contributed by atoms with Crippen LogP contribution < -0.4 is 4.74 Å². The Hall–Kier alpha value is -1.35. The highest BCUT2D eigenvalue weighted by Gasteiger charge is 2.24. The van der Waals surface area contributed by atoms with Crippen molar-refractivity contribution in [1.82, 2.24) is 0 Å². The van der Waals surface area contributed by atoms with E-state index in [4.69, 9.17) is 9.47 Å². The van der Waals surface area contributed by atoms with Crippen molar-refractivity contribution in [1.29, 1.82) is 0 Å². The van der Waals surface area contributed by atoms with Crippen LogP contribution in [-0.4, -0.2) is 25.1 Å². The maximum atomic E-state index is 12.0. The van der Waals surface area contributed by atoms with Crippen LogP contribution in [-0.2, 0) is 4.74 Å². The van der Waals surface area contributed by atoms with Crippen molar-refractivity contribution < 1.29 is 14.3 Å². The van der Waals surface area contributed by atoms with Crippen LogP contribution in [0.3, 0.4) is 0 Å². The van der Waals surface area contributed by atoms with Gasteiger partial charge in [0.25, 0.3) is 0 Å². The molecule has 1 atom stereocenters. The zero-order valence-corrected chi connectivity index (χ0v) is 9.44. The van der Waals surface area contributed by atoms with Gasteiger partial charge in [-0.1, -0.05) is 12.1 Å². The Balaban J connectivity index is 2.12. The van der Waals surface area contributed by atoms with Crippen LogP contribution in [0.25, 0.3) is 0 Å². The fraction of sp³-hybridized carbons (Fsp3) is 0.462. The quantitative estimate of drug-likeness (QED) is 0.731. The second-order valence-corrected chi connectivity index (χ2v) is 3.83. The molecule has 1 aromatic rings. The number of carbonyl (C=O) groups is 1. The van der Waals surface area contributed by atoms with E-state index < -0.39 is 0 Å². The molecule has 0 aromatic heterocycles. The van der Waals surface area contributed by atoms with Crippen molar-refractivity contribution in [3.8, 4) is 5.75 Å². The monoisotopic (exact) mass is 220 g/mol. The Morgan fingerprint density at radius 2 is 2.44 bits per heavy atom. The number of carbonyl (C=O) groups excluding carboxylic acids is 1. The van der Waals surface area contributed by atoms with Crippen molar-refractivity contribution in [3.05, 3.63) is 29.8 Å². The van der Waals surface area contributed by atoms with Crippen molar-refractivity contribution in [2.75, 3.05) is 13.2 Å². The van der Waals surface area contributed by atoms with Crippen LogP contribution in [0.1, 0.15) is 30.1 Å². The molecule has 1 aliphatic rings. The smallest absolute Gasteiger partial charge is 0.191 e. The lowest BCUT2D eigenvalue weighted by Gasteiger charge is -2.09. The van der Waals surface area contributed by atoms with E-state index in [1.165, 1.54) is 0 Å². The van der Waals surface area contributed by atoms with Gasteiger partial charge in [-0.15, -0.1) is 0 Å². The Bertz CT molecular complexity index is 367. The Kier molecular flexibility index (Phi) is 3.57. The normalized spacial score (nSPS) is 19.7. The molecule has 0 amide bonds. The number of ketones is 1. The molecule has 86 valence electrons. The molecule has 2 rings (SSSR count). The molecule has 1 aromatic carbocycles. The zero-order valence-electron chi connectivity index (χ0n) is 9.44. The van der Waals surface area contributed by atoms with Gasteiger partial charge in [-0.3, -0.25) is 4.79 Å². The molecule has 1 unspecified atom stereocenters. The maximum absolute atomic E-state index is 12.0. The first-order valence-corrected chi connectivity index (χ1v) is 5.70. The maximum Gasteiger partial charge on any atom is 0.191 e. The van der Waals surface area contributed by atoms with E-state index in [1.807, 2.05) is 25.1 Å². The van der Waals surface area contributed by atoms with E-state index in [1.54, 1.807) is 6.07 Å². The highest BCUT2D eigenvalue weighted by Crippen LogP contribution is 2.20. The van der Waals surface area contributed by atoms with Crippen LogP contribution in [0.15, 0.2) is 24.3 Å². The molecule has 0 saturated carbocycles. The van der Waals surface area contributed by atoms with Crippen LogP contribution in [0.5, 0.6) is 5.75 Å². The largest absolute Gasteiger partial charge is 0.494 e. The van der Waals surface area contributed by atoms with E-state index >= 15 is 0 Å². The zero-order chi connectivity index (χ0) is 11.4. The van der Waals surface area contributed by atoms with Gasteiger partial charge in [-0.25, -0.2) is 0 Å². The number of benzene rings is 1. The summed E-state index contributed by atoms with van der Waals surface area (Å²) in [6, 6.07) is 7.29. The topological polar surface area (TPSA) is 35.5 Å². The Labute approximate surface area is 95.4 Å². The van der Waals surface area contributed by atoms with Crippen LogP contribution in [0.2, 0.25) is 0 Å². The van der Waals surface area contributed by atoms with Gasteiger partial charge in [-0.05, 0) is 31.9 Å². The molecule has 0 radical (unpaired) electrons. The summed E-state index contributed by atoms with van der Waals surface area (Å²) in [4.78, 5) is 12.0. The predicted molar refractivity (Wildman–Crippen MR) is 60.9 cm³/mol. The van der Waals surface area contributed by atoms with Gasteiger partial charge in [0.1, 0.15) is 11.9 Å². The molecule has 3 nitrogen and oxygen atoms in total. The minimum Gasteiger partial charge on any atom is -0.494 e. The van der Waals surface area contributed by atoms with E-state index in [0.717, 1.165) is 18.6 Å². The molecule has 3 heteroatoms. The van der Waals surface area contributed by atoms with E-state index in [0.29, 0.717) is 18.8 Å². The third-order valence-corrected chi connectivity index (χ3v) is 2.65. The molecule has 1 fully saturated rings. The molecule has 1 heterocycles. The molecule has 1 aliphatic heterocycles. The van der Waals surface area contributed by atoms with Crippen molar-refractivity contribution >= 4 is 5.78 Å². The fourth-order valence-corrected chi connectivity index (χ4v) is 1.88. The van der Waals surface area contributed by atoms with Crippen molar-refractivity contribution in [2.45, 2.75) is 25.9 Å². The highest BCUT2D eigenvalue weighted by molar-refractivity contribution is 5.99. The summed E-state index contributed by atoms with van der Waals surface area (Å²) in [6.07, 6.45) is 1.55. The van der Waals surface area contributed by atoms with Gasteiger partial charge in [0.05, 0.1) is 6.61 Å². The van der Waals surface area contributed by atoms with Crippen molar-refractivity contribution in [2.24, 2.45) is 0 Å². The summed E-state index contributed by atoms with van der Waals surface area (Å²) in [5, 5.41) is 0. The minimum absolute atomic E-state index is 0.0686. The number of hydrogen-bond donors (Lipinski definition) is 0. The van der Waals surface area contributed by atoms with Crippen LogP contribution in [0.4, 0.5) is 0 Å². The third-order valence-electron chi connectivity index (χ3n) is 2.65. The molecular weight excluding hydrogens is 204 g/mol. The first kappa shape index (κ1) is 11.1. The van der Waals surface area contributed by atoms with Gasteiger partial charge in [-0.2, -0.15) is 0 Å². The average molecular weight is 220 g/mol. The van der Waals surface area contributed by atoms with Crippen molar-refractivity contribution in [3.63, 3.8) is 0 Å². The van der Waals surface area contributed by atoms with Gasteiger partial charge in [0, 0.05) is 12.2 Å². The van der Waals surface area contributed by atoms with Gasteiger partial charge in [0.2, 0.25) is 0 Å². The molecule has 0 aliphatic carbocycles. The average Bonchev–Trinajstić information content (AvgIpc) is 2.82. The number of Topliss-reactive ketones (excluding diaryl/α,β-unsaturated/α-hetero) is 1. The number of ether oxygens (including phenoxy) is 2. The van der Waals surface area contributed by atoms with Gasteiger partial charge < -0.3 is 9.47 Å². The van der Waals surface area contributed by atoms with E-state index in [9.17, 15) is 4.79 Å². The second kappa shape index (κ2) is 5.12.